The predicted octanol–water partition coefficient (Wildman–Crippen LogP) is 7.53. The smallest absolute Gasteiger partial charge is 0.329 e. The molecule has 0 aromatic heterocycles. The SMILES string of the molecule is COc1cc2c(cc1OC)CN(C(=O)[C@@H]1[C@H]3C(=O)O[C@H](c4ccccc4)[C@H](c4ccccc4)N3[C@H](c3cccc(OCCO)c3)[C@@]13C(=O)N(C(=O)N[C@H](C)c1ccccc1)c1ccc(C#CCCO)cc13)CC2. The van der Waals surface area contributed by atoms with Crippen molar-refractivity contribution in [3.8, 4) is 29.1 Å². The van der Waals surface area contributed by atoms with Crippen molar-refractivity contribution >= 4 is 29.5 Å². The lowest BCUT2D eigenvalue weighted by Gasteiger charge is -2.46. The van der Waals surface area contributed by atoms with E-state index in [1.165, 1.54) is 0 Å². The Balaban J connectivity index is 1.26. The summed E-state index contributed by atoms with van der Waals surface area (Å²) in [6, 6.07) is 39.7. The van der Waals surface area contributed by atoms with Crippen LogP contribution in [0.25, 0.3) is 0 Å². The van der Waals surface area contributed by atoms with Gasteiger partial charge in [-0.05, 0) is 94.8 Å². The molecule has 0 aliphatic carbocycles. The first kappa shape index (κ1) is 48.7. The first-order chi connectivity index (χ1) is 35.6. The summed E-state index contributed by atoms with van der Waals surface area (Å²) < 4.78 is 24.1. The molecule has 10 rings (SSSR count). The molecule has 2 fully saturated rings. The Morgan fingerprint density at radius 1 is 0.781 bits per heavy atom. The summed E-state index contributed by atoms with van der Waals surface area (Å²) in [4.78, 5) is 69.3. The van der Waals surface area contributed by atoms with E-state index < -0.39 is 65.4 Å². The molecule has 73 heavy (non-hydrogen) atoms. The number of cyclic esters (lactones) is 1. The fourth-order valence-electron chi connectivity index (χ4n) is 11.5. The number of morpholine rings is 1. The number of hydrogen-bond donors (Lipinski definition) is 3. The Hall–Kier alpha value is -7.96. The zero-order chi connectivity index (χ0) is 50.8. The number of benzene rings is 6. The van der Waals surface area contributed by atoms with Crippen LogP contribution in [-0.4, -0.2) is 90.5 Å². The van der Waals surface area contributed by atoms with E-state index in [9.17, 15) is 10.2 Å². The van der Waals surface area contributed by atoms with Gasteiger partial charge >= 0.3 is 12.0 Å². The summed E-state index contributed by atoms with van der Waals surface area (Å²) >= 11 is 0. The molecule has 6 aromatic carbocycles. The van der Waals surface area contributed by atoms with E-state index in [0.717, 1.165) is 27.2 Å². The maximum Gasteiger partial charge on any atom is 0.329 e. The summed E-state index contributed by atoms with van der Waals surface area (Å²) in [7, 11) is 3.12. The third-order valence-corrected chi connectivity index (χ3v) is 14.6. The van der Waals surface area contributed by atoms with Gasteiger partial charge in [0.1, 0.15) is 29.9 Å². The standard InChI is InChI=1S/C59H56N4O10/c1-37(39-17-7-4-8-18-39)60-58(69)62-47-26-25-38(16-13-14-29-64)32-46(47)59(57(62)68)50(55(66)61-28-27-42-34-48(70-2)49(71-3)35-44(42)36-61)52-56(67)73-53(41-21-11-6-12-22-41)51(40-19-9-5-10-20-40)63(52)54(59)43-23-15-24-45(33-43)72-31-30-65/h4-12,15,17-26,32-35,37,50-54,64-65H,14,27-31,36H2,1-3H3,(H,60,69)/t37-,50+,51+,52+,53-,54-,59+/m1/s1. The molecule has 14 nitrogen and oxygen atoms in total. The zero-order valence-electron chi connectivity index (χ0n) is 40.8. The Labute approximate surface area is 424 Å². The summed E-state index contributed by atoms with van der Waals surface area (Å²) in [5.74, 6) is 4.11. The maximum absolute atomic E-state index is 16.9. The average Bonchev–Trinajstić information content (AvgIpc) is 3.89. The number of anilines is 1. The van der Waals surface area contributed by atoms with Crippen molar-refractivity contribution in [2.75, 3.05) is 45.5 Å². The van der Waals surface area contributed by atoms with Crippen molar-refractivity contribution in [3.63, 3.8) is 0 Å². The summed E-state index contributed by atoms with van der Waals surface area (Å²) in [6.07, 6.45) is -0.333. The first-order valence-corrected chi connectivity index (χ1v) is 24.5. The number of carbonyl (C=O) groups excluding carboxylic acids is 4. The van der Waals surface area contributed by atoms with E-state index in [2.05, 4.69) is 17.2 Å². The van der Waals surface area contributed by atoms with Crippen LogP contribution in [0.1, 0.15) is 82.1 Å². The van der Waals surface area contributed by atoms with Gasteiger partial charge < -0.3 is 39.4 Å². The molecule has 7 atom stereocenters. The maximum atomic E-state index is 16.9. The molecular weight excluding hydrogens is 925 g/mol. The van der Waals surface area contributed by atoms with Gasteiger partial charge in [0.2, 0.25) is 11.8 Å². The second-order valence-electron chi connectivity index (χ2n) is 18.6. The normalized spacial score (nSPS) is 22.3. The summed E-state index contributed by atoms with van der Waals surface area (Å²) in [5.41, 5.74) is 3.46. The highest BCUT2D eigenvalue weighted by atomic mass is 16.6. The molecule has 372 valence electrons. The largest absolute Gasteiger partial charge is 0.493 e. The van der Waals surface area contributed by atoms with Crippen LogP contribution in [0.3, 0.4) is 0 Å². The third-order valence-electron chi connectivity index (χ3n) is 14.6. The van der Waals surface area contributed by atoms with E-state index >= 15 is 19.2 Å². The van der Waals surface area contributed by atoms with Gasteiger partial charge in [-0.15, -0.1) is 0 Å². The van der Waals surface area contributed by atoms with Crippen LogP contribution in [0.4, 0.5) is 10.5 Å². The van der Waals surface area contributed by atoms with Crippen LogP contribution in [-0.2, 0) is 37.5 Å². The molecule has 1 spiro atoms. The summed E-state index contributed by atoms with van der Waals surface area (Å²) in [5, 5.41) is 22.7. The minimum absolute atomic E-state index is 0.0277. The number of imide groups is 1. The molecule has 0 unspecified atom stereocenters. The van der Waals surface area contributed by atoms with Crippen molar-refractivity contribution in [1.82, 2.24) is 15.1 Å². The highest BCUT2D eigenvalue weighted by Gasteiger charge is 2.76. The number of ether oxygens (including phenoxy) is 4. The second kappa shape index (κ2) is 20.6. The first-order valence-electron chi connectivity index (χ1n) is 24.5. The Bertz CT molecular complexity index is 3110. The highest BCUT2D eigenvalue weighted by Crippen LogP contribution is 2.66. The molecule has 4 heterocycles. The van der Waals surface area contributed by atoms with Gasteiger partial charge in [-0.25, -0.2) is 9.69 Å². The lowest BCUT2D eigenvalue weighted by molar-refractivity contribution is -0.179. The van der Waals surface area contributed by atoms with Gasteiger partial charge in [-0.1, -0.05) is 115 Å². The van der Waals surface area contributed by atoms with E-state index in [0.29, 0.717) is 45.9 Å². The number of urea groups is 1. The summed E-state index contributed by atoms with van der Waals surface area (Å²) in [6.45, 7) is 1.70. The highest BCUT2D eigenvalue weighted by molar-refractivity contribution is 6.24. The second-order valence-corrected chi connectivity index (χ2v) is 18.6. The van der Waals surface area contributed by atoms with Gasteiger partial charge in [0, 0.05) is 25.1 Å². The van der Waals surface area contributed by atoms with Gasteiger partial charge in [-0.2, -0.15) is 0 Å². The van der Waals surface area contributed by atoms with Crippen molar-refractivity contribution in [2.24, 2.45) is 5.92 Å². The number of nitrogens with zero attached hydrogens (tertiary/aromatic N) is 3. The number of methoxy groups -OCH3 is 2. The van der Waals surface area contributed by atoms with E-state index in [4.69, 9.17) is 18.9 Å². The van der Waals surface area contributed by atoms with Crippen molar-refractivity contribution < 1.29 is 48.3 Å². The topological polar surface area (TPSA) is 167 Å². The minimum Gasteiger partial charge on any atom is -0.493 e. The predicted molar refractivity (Wildman–Crippen MR) is 272 cm³/mol. The molecule has 6 aromatic rings. The monoisotopic (exact) mass is 980 g/mol. The fraction of sp³-hybridized carbons (Fsp3) is 0.288. The van der Waals surface area contributed by atoms with Crippen LogP contribution in [0.15, 0.2) is 146 Å². The minimum atomic E-state index is -2.05. The van der Waals surface area contributed by atoms with Gasteiger partial charge in [0.15, 0.2) is 11.5 Å². The fourth-order valence-corrected chi connectivity index (χ4v) is 11.5. The molecule has 14 heteroatoms. The number of nitrogens with one attached hydrogen (secondary N) is 1. The number of carbonyl (C=O) groups is 4. The number of aliphatic hydroxyl groups is 2. The molecule has 0 bridgehead atoms. The van der Waals surface area contributed by atoms with Crippen LogP contribution in [0.5, 0.6) is 17.2 Å². The lowest BCUT2D eigenvalue weighted by Crippen LogP contribution is -2.57. The number of rotatable bonds is 12. The number of esters is 1. The van der Waals surface area contributed by atoms with Crippen molar-refractivity contribution in [3.05, 3.63) is 190 Å². The average molecular weight is 981 g/mol. The molecule has 4 aliphatic heterocycles. The molecular formula is C59H56N4O10. The van der Waals surface area contributed by atoms with E-state index in [1.54, 1.807) is 55.5 Å². The molecule has 2 saturated heterocycles. The number of aliphatic hydroxyl groups excluding tert-OH is 2. The Morgan fingerprint density at radius 2 is 1.45 bits per heavy atom. The van der Waals surface area contributed by atoms with Crippen molar-refractivity contribution in [1.29, 1.82) is 0 Å². The van der Waals surface area contributed by atoms with Gasteiger partial charge in [0.05, 0.1) is 57.2 Å². The van der Waals surface area contributed by atoms with Crippen LogP contribution < -0.4 is 24.4 Å². The van der Waals surface area contributed by atoms with Crippen LogP contribution >= 0.6 is 0 Å². The third kappa shape index (κ3) is 8.63. The van der Waals surface area contributed by atoms with Gasteiger partial charge in [-0.3, -0.25) is 19.3 Å². The molecule has 3 N–H and O–H groups in total. The molecule has 4 aliphatic rings. The van der Waals surface area contributed by atoms with E-state index in [-0.39, 0.29) is 45.0 Å². The number of hydrogen-bond acceptors (Lipinski definition) is 11. The quantitative estimate of drug-likeness (QED) is 0.0820. The van der Waals surface area contributed by atoms with E-state index in [1.807, 2.05) is 121 Å². The Kier molecular flexibility index (Phi) is 13.8. The van der Waals surface area contributed by atoms with Gasteiger partial charge in [0.25, 0.3) is 0 Å². The number of amides is 4. The van der Waals surface area contributed by atoms with Crippen LogP contribution in [0.2, 0.25) is 0 Å². The Morgan fingerprint density at radius 3 is 2.14 bits per heavy atom. The lowest BCUT2D eigenvalue weighted by atomic mass is 9.64. The zero-order valence-corrected chi connectivity index (χ0v) is 40.8. The van der Waals surface area contributed by atoms with Crippen LogP contribution in [0, 0.1) is 17.8 Å². The number of fused-ring (bicyclic) bond motifs is 4. The molecule has 0 saturated carbocycles. The molecule has 0 radical (unpaired) electrons. The van der Waals surface area contributed by atoms with Crippen molar-refractivity contribution in [2.45, 2.75) is 62.0 Å². The molecule has 4 amide bonds.